The number of hydrogen-bond donors (Lipinski definition) is 1. The minimum Gasteiger partial charge on any atom is -0.309 e. The molecule has 1 nitrogen and oxygen atoms in total. The van der Waals surface area contributed by atoms with Gasteiger partial charge in [0.25, 0.3) is 0 Å². The number of alkyl halides is 1. The predicted molar refractivity (Wildman–Crippen MR) is 38.8 cm³/mol. The third kappa shape index (κ3) is 1.80. The Balaban J connectivity index is 0.000000640. The van der Waals surface area contributed by atoms with E-state index in [1.165, 1.54) is 0 Å². The van der Waals surface area contributed by atoms with Gasteiger partial charge in [-0.15, -0.1) is 12.4 Å². The molecule has 0 saturated carbocycles. The SMILES string of the molecule is CC1(C)NCCC1F.Cl. The minimum atomic E-state index is -0.650. The second-order valence-electron chi connectivity index (χ2n) is 2.90. The summed E-state index contributed by atoms with van der Waals surface area (Å²) in [7, 11) is 0. The average molecular weight is 154 g/mol. The maximum absolute atomic E-state index is 12.6. The molecule has 0 aliphatic carbocycles. The van der Waals surface area contributed by atoms with E-state index in [1.807, 2.05) is 13.8 Å². The van der Waals surface area contributed by atoms with Crippen LogP contribution in [0.5, 0.6) is 0 Å². The van der Waals surface area contributed by atoms with E-state index in [0.717, 1.165) is 6.54 Å². The number of rotatable bonds is 0. The van der Waals surface area contributed by atoms with Gasteiger partial charge in [-0.05, 0) is 26.8 Å². The van der Waals surface area contributed by atoms with Gasteiger partial charge in [-0.25, -0.2) is 4.39 Å². The fraction of sp³-hybridized carbons (Fsp3) is 1.00. The molecule has 56 valence electrons. The first-order chi connectivity index (χ1) is 3.63. The molecule has 3 heteroatoms. The zero-order valence-corrected chi connectivity index (χ0v) is 6.59. The Morgan fingerprint density at radius 2 is 2.11 bits per heavy atom. The Bertz CT molecular complexity index is 95.1. The van der Waals surface area contributed by atoms with Crippen LogP contribution in [0, 0.1) is 0 Å². The molecule has 0 aromatic carbocycles. The first-order valence-corrected chi connectivity index (χ1v) is 3.02. The molecule has 1 atom stereocenters. The summed E-state index contributed by atoms with van der Waals surface area (Å²) in [6.45, 7) is 4.61. The van der Waals surface area contributed by atoms with Crippen LogP contribution in [-0.2, 0) is 0 Å². The zero-order chi connectivity index (χ0) is 6.20. The fourth-order valence-electron chi connectivity index (χ4n) is 0.993. The molecular formula is C6H13ClFN. The Kier molecular flexibility index (Phi) is 2.90. The van der Waals surface area contributed by atoms with E-state index in [0.29, 0.717) is 6.42 Å². The molecule has 1 heterocycles. The molecule has 9 heavy (non-hydrogen) atoms. The van der Waals surface area contributed by atoms with Crippen molar-refractivity contribution in [3.05, 3.63) is 0 Å². The van der Waals surface area contributed by atoms with Crippen LogP contribution in [-0.4, -0.2) is 18.3 Å². The highest BCUT2D eigenvalue weighted by Crippen LogP contribution is 2.20. The van der Waals surface area contributed by atoms with Crippen molar-refractivity contribution in [2.75, 3.05) is 6.54 Å². The Morgan fingerprint density at radius 1 is 1.56 bits per heavy atom. The van der Waals surface area contributed by atoms with Gasteiger partial charge in [0.2, 0.25) is 0 Å². The van der Waals surface area contributed by atoms with E-state index in [1.54, 1.807) is 0 Å². The maximum Gasteiger partial charge on any atom is 0.119 e. The normalized spacial score (nSPS) is 31.7. The molecule has 1 rings (SSSR count). The second kappa shape index (κ2) is 2.84. The van der Waals surface area contributed by atoms with Crippen molar-refractivity contribution in [3.8, 4) is 0 Å². The Morgan fingerprint density at radius 3 is 2.22 bits per heavy atom. The van der Waals surface area contributed by atoms with Crippen molar-refractivity contribution in [1.82, 2.24) is 5.32 Å². The van der Waals surface area contributed by atoms with Crippen LogP contribution in [0.4, 0.5) is 4.39 Å². The van der Waals surface area contributed by atoms with Gasteiger partial charge >= 0.3 is 0 Å². The molecule has 1 N–H and O–H groups in total. The van der Waals surface area contributed by atoms with E-state index >= 15 is 0 Å². The first kappa shape index (κ1) is 9.18. The van der Waals surface area contributed by atoms with Crippen LogP contribution in [0.1, 0.15) is 20.3 Å². The van der Waals surface area contributed by atoms with Crippen LogP contribution in [0.2, 0.25) is 0 Å². The van der Waals surface area contributed by atoms with E-state index in [4.69, 9.17) is 0 Å². The highest BCUT2D eigenvalue weighted by Gasteiger charge is 2.33. The molecule has 0 aromatic heterocycles. The van der Waals surface area contributed by atoms with Gasteiger partial charge in [0.15, 0.2) is 0 Å². The van der Waals surface area contributed by atoms with E-state index < -0.39 is 6.17 Å². The predicted octanol–water partition coefficient (Wildman–Crippen LogP) is 1.52. The van der Waals surface area contributed by atoms with Crippen molar-refractivity contribution >= 4 is 12.4 Å². The van der Waals surface area contributed by atoms with Gasteiger partial charge in [0.05, 0.1) is 0 Å². The lowest BCUT2D eigenvalue weighted by molar-refractivity contribution is 0.235. The summed E-state index contributed by atoms with van der Waals surface area (Å²) < 4.78 is 12.6. The maximum atomic E-state index is 12.6. The third-order valence-corrected chi connectivity index (χ3v) is 1.76. The van der Waals surface area contributed by atoms with E-state index in [2.05, 4.69) is 5.32 Å². The van der Waals surface area contributed by atoms with Crippen LogP contribution in [0.25, 0.3) is 0 Å². The molecule has 0 bridgehead atoms. The minimum absolute atomic E-state index is 0. The van der Waals surface area contributed by atoms with Gasteiger partial charge in [-0.3, -0.25) is 0 Å². The Hall–Kier alpha value is 0.180. The summed E-state index contributed by atoms with van der Waals surface area (Å²) in [6, 6.07) is 0. The smallest absolute Gasteiger partial charge is 0.119 e. The van der Waals surface area contributed by atoms with E-state index in [9.17, 15) is 4.39 Å². The molecule has 0 spiro atoms. The van der Waals surface area contributed by atoms with Gasteiger partial charge in [0, 0.05) is 5.54 Å². The lowest BCUT2D eigenvalue weighted by Gasteiger charge is -2.19. The van der Waals surface area contributed by atoms with Gasteiger partial charge in [0.1, 0.15) is 6.17 Å². The fourth-order valence-corrected chi connectivity index (χ4v) is 0.993. The zero-order valence-electron chi connectivity index (χ0n) is 5.78. The lowest BCUT2D eigenvalue weighted by Crippen LogP contribution is -2.38. The summed E-state index contributed by atoms with van der Waals surface area (Å²) in [6.07, 6.45) is 0.0231. The summed E-state index contributed by atoms with van der Waals surface area (Å²) in [5.74, 6) is 0. The lowest BCUT2D eigenvalue weighted by atomic mass is 10.0. The standard InChI is InChI=1S/C6H12FN.ClH/c1-6(2)5(7)3-4-8-6;/h5,8H,3-4H2,1-2H3;1H. The second-order valence-corrected chi connectivity index (χ2v) is 2.90. The van der Waals surface area contributed by atoms with Crippen molar-refractivity contribution < 1.29 is 4.39 Å². The number of nitrogens with one attached hydrogen (secondary N) is 1. The van der Waals surface area contributed by atoms with E-state index in [-0.39, 0.29) is 17.9 Å². The van der Waals surface area contributed by atoms with Crippen LogP contribution >= 0.6 is 12.4 Å². The average Bonchev–Trinajstić information content (AvgIpc) is 1.86. The first-order valence-electron chi connectivity index (χ1n) is 3.02. The van der Waals surface area contributed by atoms with Crippen molar-refractivity contribution in [2.45, 2.75) is 32.0 Å². The largest absolute Gasteiger partial charge is 0.309 e. The highest BCUT2D eigenvalue weighted by atomic mass is 35.5. The van der Waals surface area contributed by atoms with Crippen molar-refractivity contribution in [1.29, 1.82) is 0 Å². The van der Waals surface area contributed by atoms with Crippen molar-refractivity contribution in [3.63, 3.8) is 0 Å². The molecule has 0 aromatic rings. The summed E-state index contributed by atoms with van der Waals surface area (Å²) in [5.41, 5.74) is -0.264. The molecular weight excluding hydrogens is 141 g/mol. The molecule has 1 saturated heterocycles. The molecule has 0 amide bonds. The van der Waals surface area contributed by atoms with Gasteiger partial charge in [-0.1, -0.05) is 0 Å². The monoisotopic (exact) mass is 153 g/mol. The van der Waals surface area contributed by atoms with Crippen LogP contribution in [0.15, 0.2) is 0 Å². The van der Waals surface area contributed by atoms with Crippen LogP contribution < -0.4 is 5.32 Å². The molecule has 1 aliphatic rings. The quantitative estimate of drug-likeness (QED) is 0.557. The van der Waals surface area contributed by atoms with Crippen molar-refractivity contribution in [2.24, 2.45) is 0 Å². The Labute approximate surface area is 61.4 Å². The molecule has 1 aliphatic heterocycles. The number of hydrogen-bond acceptors (Lipinski definition) is 1. The summed E-state index contributed by atoms with van der Waals surface area (Å²) in [5, 5.41) is 3.07. The highest BCUT2D eigenvalue weighted by molar-refractivity contribution is 5.85. The molecule has 1 unspecified atom stereocenters. The van der Waals surface area contributed by atoms with Gasteiger partial charge in [-0.2, -0.15) is 0 Å². The molecule has 1 fully saturated rings. The summed E-state index contributed by atoms with van der Waals surface area (Å²) >= 11 is 0. The topological polar surface area (TPSA) is 12.0 Å². The van der Waals surface area contributed by atoms with Gasteiger partial charge < -0.3 is 5.32 Å². The van der Waals surface area contributed by atoms with Crippen LogP contribution in [0.3, 0.4) is 0 Å². The number of halogens is 2. The third-order valence-electron chi connectivity index (χ3n) is 1.76. The summed E-state index contributed by atoms with van der Waals surface area (Å²) in [4.78, 5) is 0. The molecule has 0 radical (unpaired) electrons.